The fraction of sp³-hybridized carbons (Fsp3) is 0.462. The number of carbonyl (C=O) groups excluding carboxylic acids is 1. The second kappa shape index (κ2) is 7.13. The number of hydrogen-bond donors (Lipinski definition) is 0. The first-order valence-electron chi connectivity index (χ1n) is 5.99. The van der Waals surface area contributed by atoms with Crippen molar-refractivity contribution in [2.24, 2.45) is 0 Å². The van der Waals surface area contributed by atoms with Gasteiger partial charge in [0.15, 0.2) is 6.29 Å². The Bertz CT molecular complexity index is 522. The Hall–Kier alpha value is -1.56. The number of sulfone groups is 1. The summed E-state index contributed by atoms with van der Waals surface area (Å²) in [7, 11) is -1.46. The van der Waals surface area contributed by atoms with Crippen LogP contribution in [0.4, 0.5) is 0 Å². The Morgan fingerprint density at radius 3 is 2.63 bits per heavy atom. The zero-order valence-electron chi connectivity index (χ0n) is 11.1. The van der Waals surface area contributed by atoms with Gasteiger partial charge in [0.1, 0.15) is 21.3 Å². The summed E-state index contributed by atoms with van der Waals surface area (Å²) in [6.45, 7) is 1.87. The molecule has 0 atom stereocenters. The first-order valence-corrected chi connectivity index (χ1v) is 7.81. The third kappa shape index (κ3) is 4.90. The molecule has 0 radical (unpaired) electrons. The highest BCUT2D eigenvalue weighted by atomic mass is 32.2. The lowest BCUT2D eigenvalue weighted by Crippen LogP contribution is -2.12. The fourth-order valence-corrected chi connectivity index (χ4v) is 2.33. The number of ether oxygens (including phenoxy) is 2. The van der Waals surface area contributed by atoms with Gasteiger partial charge >= 0.3 is 0 Å². The van der Waals surface area contributed by atoms with Gasteiger partial charge in [0, 0.05) is 5.75 Å². The summed E-state index contributed by atoms with van der Waals surface area (Å²) in [6, 6.07) is 4.90. The summed E-state index contributed by atoms with van der Waals surface area (Å²) in [4.78, 5) is 10.9. The van der Waals surface area contributed by atoms with Crippen molar-refractivity contribution in [3.05, 3.63) is 23.8 Å². The summed E-state index contributed by atoms with van der Waals surface area (Å²) in [5, 5.41) is 0. The molecule has 0 N–H and O–H groups in total. The van der Waals surface area contributed by atoms with E-state index in [1.165, 1.54) is 7.11 Å². The molecule has 19 heavy (non-hydrogen) atoms. The number of carbonyl (C=O) groups is 1. The molecular weight excluding hydrogens is 268 g/mol. The fourth-order valence-electron chi connectivity index (χ4n) is 1.48. The SMILES string of the molecule is CCS(=O)(=O)CCCOc1ccc(OC)cc1C=O. The van der Waals surface area contributed by atoms with Gasteiger partial charge in [0.2, 0.25) is 0 Å². The lowest BCUT2D eigenvalue weighted by atomic mass is 10.2. The van der Waals surface area contributed by atoms with E-state index in [9.17, 15) is 13.2 Å². The van der Waals surface area contributed by atoms with Gasteiger partial charge in [-0.25, -0.2) is 8.42 Å². The Morgan fingerprint density at radius 1 is 1.32 bits per heavy atom. The first-order chi connectivity index (χ1) is 9.02. The Balaban J connectivity index is 2.56. The van der Waals surface area contributed by atoms with Crippen LogP contribution in [0, 0.1) is 0 Å². The standard InChI is InChI=1S/C13H18O5S/c1-3-19(15,16)8-4-7-18-13-6-5-12(17-2)9-11(13)10-14/h5-6,9-10H,3-4,7-8H2,1-2H3. The lowest BCUT2D eigenvalue weighted by molar-refractivity contribution is 0.111. The van der Waals surface area contributed by atoms with Crippen LogP contribution < -0.4 is 9.47 Å². The third-order valence-electron chi connectivity index (χ3n) is 2.64. The first kappa shape index (κ1) is 15.5. The molecule has 0 bridgehead atoms. The molecule has 0 heterocycles. The molecule has 0 saturated carbocycles. The number of methoxy groups -OCH3 is 1. The van der Waals surface area contributed by atoms with E-state index in [2.05, 4.69) is 0 Å². The molecule has 0 fully saturated rings. The molecule has 0 aliphatic carbocycles. The van der Waals surface area contributed by atoms with Gasteiger partial charge in [-0.05, 0) is 24.6 Å². The van der Waals surface area contributed by atoms with Gasteiger partial charge < -0.3 is 9.47 Å². The molecule has 0 saturated heterocycles. The van der Waals surface area contributed by atoms with Crippen LogP contribution in [0.5, 0.6) is 11.5 Å². The average Bonchev–Trinajstić information content (AvgIpc) is 2.43. The predicted molar refractivity (Wildman–Crippen MR) is 72.8 cm³/mol. The molecule has 1 rings (SSSR count). The van der Waals surface area contributed by atoms with Crippen LogP contribution in [0.2, 0.25) is 0 Å². The summed E-state index contributed by atoms with van der Waals surface area (Å²) in [6.07, 6.45) is 1.08. The molecule has 5 nitrogen and oxygen atoms in total. The Labute approximate surface area is 113 Å². The number of benzene rings is 1. The van der Waals surface area contributed by atoms with E-state index < -0.39 is 9.84 Å². The maximum absolute atomic E-state index is 11.3. The van der Waals surface area contributed by atoms with Crippen molar-refractivity contribution in [1.29, 1.82) is 0 Å². The van der Waals surface area contributed by atoms with Gasteiger partial charge in [-0.2, -0.15) is 0 Å². The van der Waals surface area contributed by atoms with Crippen molar-refractivity contribution >= 4 is 16.1 Å². The lowest BCUT2D eigenvalue weighted by Gasteiger charge is -2.09. The normalized spacial score (nSPS) is 11.1. The van der Waals surface area contributed by atoms with E-state index in [1.54, 1.807) is 25.1 Å². The average molecular weight is 286 g/mol. The number of rotatable bonds is 8. The zero-order chi connectivity index (χ0) is 14.3. The molecule has 106 valence electrons. The molecule has 0 amide bonds. The predicted octanol–water partition coefficient (Wildman–Crippen LogP) is 1.71. The second-order valence-electron chi connectivity index (χ2n) is 3.96. The summed E-state index contributed by atoms with van der Waals surface area (Å²) in [5.41, 5.74) is 0.387. The molecule has 6 heteroatoms. The minimum atomic E-state index is -2.97. The van der Waals surface area contributed by atoms with Gasteiger partial charge in [0.25, 0.3) is 0 Å². The van der Waals surface area contributed by atoms with Crippen LogP contribution >= 0.6 is 0 Å². The Kier molecular flexibility index (Phi) is 5.82. The van der Waals surface area contributed by atoms with Crippen LogP contribution in [0.1, 0.15) is 23.7 Å². The van der Waals surface area contributed by atoms with E-state index in [0.717, 1.165) is 0 Å². The zero-order valence-corrected chi connectivity index (χ0v) is 11.9. The molecule has 0 unspecified atom stereocenters. The van der Waals surface area contributed by atoms with Crippen molar-refractivity contribution in [1.82, 2.24) is 0 Å². The van der Waals surface area contributed by atoms with Crippen LogP contribution in [-0.4, -0.2) is 39.9 Å². The third-order valence-corrected chi connectivity index (χ3v) is 4.43. The van der Waals surface area contributed by atoms with E-state index in [4.69, 9.17) is 9.47 Å². The minimum Gasteiger partial charge on any atom is -0.497 e. The number of aldehydes is 1. The van der Waals surface area contributed by atoms with E-state index >= 15 is 0 Å². The molecule has 0 aromatic heterocycles. The number of hydrogen-bond acceptors (Lipinski definition) is 5. The van der Waals surface area contributed by atoms with Crippen LogP contribution in [-0.2, 0) is 9.84 Å². The van der Waals surface area contributed by atoms with Crippen molar-refractivity contribution in [2.75, 3.05) is 25.2 Å². The van der Waals surface area contributed by atoms with Crippen LogP contribution in [0.25, 0.3) is 0 Å². The van der Waals surface area contributed by atoms with Gasteiger partial charge in [-0.15, -0.1) is 0 Å². The topological polar surface area (TPSA) is 69.7 Å². The molecule has 1 aromatic rings. The van der Waals surface area contributed by atoms with Crippen molar-refractivity contribution < 1.29 is 22.7 Å². The van der Waals surface area contributed by atoms with Crippen LogP contribution in [0.3, 0.4) is 0 Å². The highest BCUT2D eigenvalue weighted by molar-refractivity contribution is 7.91. The van der Waals surface area contributed by atoms with E-state index in [0.29, 0.717) is 29.8 Å². The van der Waals surface area contributed by atoms with Crippen molar-refractivity contribution in [3.63, 3.8) is 0 Å². The van der Waals surface area contributed by atoms with Crippen LogP contribution in [0.15, 0.2) is 18.2 Å². The van der Waals surface area contributed by atoms with Gasteiger partial charge in [0.05, 0.1) is 25.0 Å². The van der Waals surface area contributed by atoms with Crippen molar-refractivity contribution in [2.45, 2.75) is 13.3 Å². The maximum Gasteiger partial charge on any atom is 0.153 e. The second-order valence-corrected chi connectivity index (χ2v) is 6.43. The molecule has 0 aliphatic rings. The monoisotopic (exact) mass is 286 g/mol. The molecule has 1 aromatic carbocycles. The van der Waals surface area contributed by atoms with Crippen molar-refractivity contribution in [3.8, 4) is 11.5 Å². The van der Waals surface area contributed by atoms with Gasteiger partial charge in [-0.1, -0.05) is 6.92 Å². The smallest absolute Gasteiger partial charge is 0.153 e. The largest absolute Gasteiger partial charge is 0.497 e. The summed E-state index contributed by atoms with van der Waals surface area (Å²) >= 11 is 0. The molecular formula is C13H18O5S. The van der Waals surface area contributed by atoms with E-state index in [1.807, 2.05) is 0 Å². The van der Waals surface area contributed by atoms with Gasteiger partial charge in [-0.3, -0.25) is 4.79 Å². The van der Waals surface area contributed by atoms with E-state index in [-0.39, 0.29) is 18.1 Å². The highest BCUT2D eigenvalue weighted by Gasteiger charge is 2.08. The summed E-state index contributed by atoms with van der Waals surface area (Å²) in [5.74, 6) is 1.23. The Morgan fingerprint density at radius 2 is 2.05 bits per heavy atom. The molecule has 0 spiro atoms. The molecule has 0 aliphatic heterocycles. The summed E-state index contributed by atoms with van der Waals surface area (Å²) < 4.78 is 33.0. The quantitative estimate of drug-likeness (QED) is 0.537. The minimum absolute atomic E-state index is 0.0933. The maximum atomic E-state index is 11.3. The highest BCUT2D eigenvalue weighted by Crippen LogP contribution is 2.22.